The highest BCUT2D eigenvalue weighted by molar-refractivity contribution is 5.95. The summed E-state index contributed by atoms with van der Waals surface area (Å²) in [6.07, 6.45) is 2.65. The highest BCUT2D eigenvalue weighted by atomic mass is 16.4. The topological polar surface area (TPSA) is 110 Å². The van der Waals surface area contributed by atoms with Crippen LogP contribution in [0.5, 0.6) is 0 Å². The van der Waals surface area contributed by atoms with Gasteiger partial charge in [-0.05, 0) is 36.8 Å². The molecule has 0 fully saturated rings. The summed E-state index contributed by atoms with van der Waals surface area (Å²) < 4.78 is 2.02. The molecule has 0 aliphatic rings. The number of amides is 1. The molecule has 0 saturated heterocycles. The molecule has 4 aromatic rings. The van der Waals surface area contributed by atoms with Gasteiger partial charge < -0.3 is 15.0 Å². The van der Waals surface area contributed by atoms with Crippen LogP contribution in [0.15, 0.2) is 54.9 Å². The van der Waals surface area contributed by atoms with E-state index in [2.05, 4.69) is 20.3 Å². The normalized spacial score (nSPS) is 10.9. The number of aromatic nitrogens is 4. The maximum absolute atomic E-state index is 12.6. The van der Waals surface area contributed by atoms with E-state index in [-0.39, 0.29) is 11.6 Å². The number of benzene rings is 2. The van der Waals surface area contributed by atoms with Gasteiger partial charge in [0, 0.05) is 24.7 Å². The number of imidazole rings is 1. The minimum Gasteiger partial charge on any atom is -0.476 e. The van der Waals surface area contributed by atoms with Gasteiger partial charge in [-0.2, -0.15) is 0 Å². The van der Waals surface area contributed by atoms with Crippen LogP contribution in [0.1, 0.15) is 32.2 Å². The molecule has 2 N–H and O–H groups in total. The van der Waals surface area contributed by atoms with Crippen molar-refractivity contribution in [2.75, 3.05) is 0 Å². The zero-order valence-corrected chi connectivity index (χ0v) is 16.5. The lowest BCUT2D eigenvalue weighted by molar-refractivity contribution is 0.0689. The standard InChI is InChI=1S/C22H19N5O3/c1-13-25-17-8-14(6-7-20(17)27(13)2)10-24-21(28)16-5-3-4-15(9-16)18-11-23-12-19(26-18)22(29)30/h3-9,11-12H,10H2,1-2H3,(H,24,28)(H,29,30). The Kier molecular flexibility index (Phi) is 4.97. The molecular formula is C22H19N5O3. The van der Waals surface area contributed by atoms with Crippen molar-refractivity contribution in [1.82, 2.24) is 24.8 Å². The summed E-state index contributed by atoms with van der Waals surface area (Å²) in [4.78, 5) is 36.3. The Morgan fingerprint density at radius 3 is 2.73 bits per heavy atom. The molecule has 150 valence electrons. The summed E-state index contributed by atoms with van der Waals surface area (Å²) in [5.74, 6) is -0.465. The summed E-state index contributed by atoms with van der Waals surface area (Å²) in [5.41, 5.74) is 4.18. The molecular weight excluding hydrogens is 382 g/mol. The lowest BCUT2D eigenvalue weighted by atomic mass is 10.1. The number of hydrogen-bond acceptors (Lipinski definition) is 5. The van der Waals surface area contributed by atoms with Gasteiger partial charge >= 0.3 is 5.97 Å². The van der Waals surface area contributed by atoms with Gasteiger partial charge in [0.15, 0.2) is 5.69 Å². The van der Waals surface area contributed by atoms with E-state index in [9.17, 15) is 9.59 Å². The van der Waals surface area contributed by atoms with Crippen LogP contribution in [0.3, 0.4) is 0 Å². The predicted molar refractivity (Wildman–Crippen MR) is 111 cm³/mol. The second kappa shape index (κ2) is 7.75. The molecule has 0 saturated carbocycles. The third-order valence-electron chi connectivity index (χ3n) is 4.90. The first-order valence-electron chi connectivity index (χ1n) is 9.28. The summed E-state index contributed by atoms with van der Waals surface area (Å²) in [6, 6.07) is 12.8. The van der Waals surface area contributed by atoms with Gasteiger partial charge in [-0.25, -0.2) is 14.8 Å². The van der Waals surface area contributed by atoms with Crippen molar-refractivity contribution >= 4 is 22.9 Å². The molecule has 0 unspecified atom stereocenters. The Bertz CT molecular complexity index is 1280. The first-order chi connectivity index (χ1) is 14.4. The minimum absolute atomic E-state index is 0.150. The highest BCUT2D eigenvalue weighted by Gasteiger charge is 2.11. The molecule has 2 aromatic carbocycles. The number of nitrogens with one attached hydrogen (secondary N) is 1. The maximum atomic E-state index is 12.6. The Morgan fingerprint density at radius 1 is 1.10 bits per heavy atom. The molecule has 1 amide bonds. The molecule has 4 rings (SSSR count). The van der Waals surface area contributed by atoms with Crippen molar-refractivity contribution in [3.8, 4) is 11.3 Å². The SMILES string of the molecule is Cc1nc2cc(CNC(=O)c3cccc(-c4cncc(C(=O)O)n4)c3)ccc2n1C. The van der Waals surface area contributed by atoms with Gasteiger partial charge in [0.25, 0.3) is 5.91 Å². The molecule has 0 aliphatic carbocycles. The molecule has 8 heteroatoms. The third kappa shape index (κ3) is 3.75. The van der Waals surface area contributed by atoms with Crippen LogP contribution < -0.4 is 5.32 Å². The zero-order valence-electron chi connectivity index (χ0n) is 16.5. The number of carboxylic acid groups (broad SMARTS) is 1. The first kappa shape index (κ1) is 19.3. The average Bonchev–Trinajstić information content (AvgIpc) is 3.05. The van der Waals surface area contributed by atoms with E-state index in [1.165, 1.54) is 12.4 Å². The van der Waals surface area contributed by atoms with Crippen molar-refractivity contribution < 1.29 is 14.7 Å². The minimum atomic E-state index is -1.15. The Balaban J connectivity index is 1.51. The average molecular weight is 401 g/mol. The number of rotatable bonds is 5. The van der Waals surface area contributed by atoms with Crippen molar-refractivity contribution in [3.63, 3.8) is 0 Å². The highest BCUT2D eigenvalue weighted by Crippen LogP contribution is 2.19. The van der Waals surface area contributed by atoms with Crippen LogP contribution >= 0.6 is 0 Å². The molecule has 8 nitrogen and oxygen atoms in total. The Hall–Kier alpha value is -4.07. The molecule has 30 heavy (non-hydrogen) atoms. The van der Waals surface area contributed by atoms with E-state index in [1.54, 1.807) is 24.3 Å². The smallest absolute Gasteiger partial charge is 0.356 e. The van der Waals surface area contributed by atoms with Crippen LogP contribution in [-0.4, -0.2) is 36.5 Å². The molecule has 0 spiro atoms. The van der Waals surface area contributed by atoms with Crippen LogP contribution in [0.4, 0.5) is 0 Å². The summed E-state index contributed by atoms with van der Waals surface area (Å²) in [7, 11) is 1.97. The fraction of sp³-hybridized carbons (Fsp3) is 0.136. The van der Waals surface area contributed by atoms with Crippen molar-refractivity contribution in [2.45, 2.75) is 13.5 Å². The summed E-state index contributed by atoms with van der Waals surface area (Å²) >= 11 is 0. The number of carbonyl (C=O) groups excluding carboxylic acids is 1. The van der Waals surface area contributed by atoms with E-state index in [0.29, 0.717) is 23.4 Å². The molecule has 0 bridgehead atoms. The van der Waals surface area contributed by atoms with Gasteiger partial charge in [0.1, 0.15) is 5.82 Å². The molecule has 0 aliphatic heterocycles. The van der Waals surface area contributed by atoms with E-state index >= 15 is 0 Å². The second-order valence-electron chi connectivity index (χ2n) is 6.90. The molecule has 0 atom stereocenters. The van der Waals surface area contributed by atoms with Gasteiger partial charge in [0.2, 0.25) is 0 Å². The van der Waals surface area contributed by atoms with Gasteiger partial charge in [-0.1, -0.05) is 18.2 Å². The van der Waals surface area contributed by atoms with E-state index in [1.807, 2.05) is 36.7 Å². The third-order valence-corrected chi connectivity index (χ3v) is 4.90. The largest absolute Gasteiger partial charge is 0.476 e. The number of carbonyl (C=O) groups is 2. The first-order valence-corrected chi connectivity index (χ1v) is 9.28. The fourth-order valence-electron chi connectivity index (χ4n) is 3.19. The van der Waals surface area contributed by atoms with Crippen LogP contribution in [0.25, 0.3) is 22.3 Å². The lowest BCUT2D eigenvalue weighted by Gasteiger charge is -2.08. The van der Waals surface area contributed by atoms with Crippen molar-refractivity contribution in [3.05, 3.63) is 77.5 Å². The number of hydrogen-bond donors (Lipinski definition) is 2. The Morgan fingerprint density at radius 2 is 1.93 bits per heavy atom. The quantitative estimate of drug-likeness (QED) is 0.532. The lowest BCUT2D eigenvalue weighted by Crippen LogP contribution is -2.22. The van der Waals surface area contributed by atoms with Crippen LogP contribution in [-0.2, 0) is 13.6 Å². The number of fused-ring (bicyclic) bond motifs is 1. The van der Waals surface area contributed by atoms with Gasteiger partial charge in [0.05, 0.1) is 29.1 Å². The van der Waals surface area contributed by atoms with Crippen LogP contribution in [0, 0.1) is 6.92 Å². The monoisotopic (exact) mass is 401 g/mol. The molecule has 0 radical (unpaired) electrons. The van der Waals surface area contributed by atoms with Crippen molar-refractivity contribution in [1.29, 1.82) is 0 Å². The van der Waals surface area contributed by atoms with Gasteiger partial charge in [-0.3, -0.25) is 9.78 Å². The number of aryl methyl sites for hydroxylation is 2. The Labute approximate surface area is 172 Å². The van der Waals surface area contributed by atoms with E-state index in [0.717, 1.165) is 22.4 Å². The number of nitrogens with zero attached hydrogens (tertiary/aromatic N) is 4. The summed E-state index contributed by atoms with van der Waals surface area (Å²) in [5, 5.41) is 12.0. The van der Waals surface area contributed by atoms with E-state index < -0.39 is 5.97 Å². The number of aromatic carboxylic acids is 1. The second-order valence-corrected chi connectivity index (χ2v) is 6.90. The maximum Gasteiger partial charge on any atom is 0.356 e. The van der Waals surface area contributed by atoms with E-state index in [4.69, 9.17) is 5.11 Å². The molecule has 2 heterocycles. The summed E-state index contributed by atoms with van der Waals surface area (Å²) in [6.45, 7) is 2.31. The van der Waals surface area contributed by atoms with Crippen molar-refractivity contribution in [2.24, 2.45) is 7.05 Å². The number of carboxylic acids is 1. The zero-order chi connectivity index (χ0) is 21.3. The molecule has 2 aromatic heterocycles. The fourth-order valence-corrected chi connectivity index (χ4v) is 3.19. The predicted octanol–water partition coefficient (Wildman–Crippen LogP) is 2.97. The van der Waals surface area contributed by atoms with Gasteiger partial charge in [-0.15, -0.1) is 0 Å². The van der Waals surface area contributed by atoms with Crippen LogP contribution in [0.2, 0.25) is 0 Å².